The van der Waals surface area contributed by atoms with Gasteiger partial charge in [0.15, 0.2) is 0 Å². The van der Waals surface area contributed by atoms with Crippen molar-refractivity contribution in [2.75, 3.05) is 0 Å². The molecule has 3 rings (SSSR count). The zero-order valence-electron chi connectivity index (χ0n) is 10.9. The number of hydrogen-bond acceptors (Lipinski definition) is 1. The van der Waals surface area contributed by atoms with Gasteiger partial charge >= 0.3 is 0 Å². The molecule has 1 fully saturated rings. The average molecular weight is 239 g/mol. The summed E-state index contributed by atoms with van der Waals surface area (Å²) in [4.78, 5) is 0. The van der Waals surface area contributed by atoms with Crippen molar-refractivity contribution in [2.24, 2.45) is 5.73 Å². The summed E-state index contributed by atoms with van der Waals surface area (Å²) in [6, 6.07) is 13.5. The predicted molar refractivity (Wildman–Crippen MR) is 77.7 cm³/mol. The van der Waals surface area contributed by atoms with Crippen LogP contribution in [0.4, 0.5) is 0 Å². The van der Waals surface area contributed by atoms with Crippen molar-refractivity contribution in [3.63, 3.8) is 0 Å². The average Bonchev–Trinajstić information content (AvgIpc) is 2.47. The highest BCUT2D eigenvalue weighted by Crippen LogP contribution is 2.34. The van der Waals surface area contributed by atoms with Gasteiger partial charge in [-0.2, -0.15) is 0 Å². The second-order valence-electron chi connectivity index (χ2n) is 5.48. The summed E-state index contributed by atoms with van der Waals surface area (Å²) < 4.78 is 0. The summed E-state index contributed by atoms with van der Waals surface area (Å²) in [5, 5.41) is 2.67. The van der Waals surface area contributed by atoms with Gasteiger partial charge in [-0.05, 0) is 46.7 Å². The third kappa shape index (κ3) is 2.28. The minimum Gasteiger partial charge on any atom is -0.326 e. The molecule has 0 aliphatic heterocycles. The fourth-order valence-corrected chi connectivity index (χ4v) is 3.13. The van der Waals surface area contributed by atoms with Crippen LogP contribution in [0.3, 0.4) is 0 Å². The maximum atomic E-state index is 5.72. The van der Waals surface area contributed by atoms with E-state index in [0.29, 0.717) is 6.54 Å². The van der Waals surface area contributed by atoms with Gasteiger partial charge in [-0.15, -0.1) is 0 Å². The lowest BCUT2D eigenvalue weighted by atomic mass is 9.83. The van der Waals surface area contributed by atoms with Crippen LogP contribution < -0.4 is 5.73 Å². The smallest absolute Gasteiger partial charge is 0.0178 e. The summed E-state index contributed by atoms with van der Waals surface area (Å²) in [7, 11) is 0. The Hall–Kier alpha value is -1.34. The van der Waals surface area contributed by atoms with Gasteiger partial charge in [-0.25, -0.2) is 0 Å². The van der Waals surface area contributed by atoms with E-state index in [4.69, 9.17) is 5.73 Å². The van der Waals surface area contributed by atoms with Crippen LogP contribution in [-0.4, -0.2) is 0 Å². The predicted octanol–water partition coefficient (Wildman–Crippen LogP) is 4.35. The number of nitrogens with two attached hydrogens (primary N) is 1. The Bertz CT molecular complexity index is 538. The normalized spacial score (nSPS) is 17.2. The van der Waals surface area contributed by atoms with Gasteiger partial charge in [0.05, 0.1) is 0 Å². The molecule has 94 valence electrons. The van der Waals surface area contributed by atoms with Gasteiger partial charge in [0.2, 0.25) is 0 Å². The van der Waals surface area contributed by atoms with Gasteiger partial charge in [0, 0.05) is 6.54 Å². The van der Waals surface area contributed by atoms with Crippen LogP contribution in [0, 0.1) is 0 Å². The molecule has 1 nitrogen and oxygen atoms in total. The Morgan fingerprint density at radius 3 is 2.44 bits per heavy atom. The molecule has 18 heavy (non-hydrogen) atoms. The molecule has 0 bridgehead atoms. The fraction of sp³-hybridized carbons (Fsp3) is 0.412. The molecule has 2 aromatic carbocycles. The number of hydrogen-bond donors (Lipinski definition) is 1. The van der Waals surface area contributed by atoms with Gasteiger partial charge in [-0.3, -0.25) is 0 Å². The van der Waals surface area contributed by atoms with E-state index in [1.165, 1.54) is 54.0 Å². The topological polar surface area (TPSA) is 26.0 Å². The molecule has 2 N–H and O–H groups in total. The minimum atomic E-state index is 0.629. The molecule has 0 amide bonds. The lowest BCUT2D eigenvalue weighted by Gasteiger charge is -2.22. The van der Waals surface area contributed by atoms with Crippen molar-refractivity contribution in [2.45, 2.75) is 44.6 Å². The third-order valence-corrected chi connectivity index (χ3v) is 4.24. The summed E-state index contributed by atoms with van der Waals surface area (Å²) in [6.45, 7) is 0.629. The molecule has 1 heteroatoms. The van der Waals surface area contributed by atoms with Crippen molar-refractivity contribution in [3.8, 4) is 0 Å². The maximum absolute atomic E-state index is 5.72. The van der Waals surface area contributed by atoms with Crippen LogP contribution in [0.15, 0.2) is 36.4 Å². The first kappa shape index (κ1) is 11.7. The molecule has 0 radical (unpaired) electrons. The summed E-state index contributed by atoms with van der Waals surface area (Å²) in [5.74, 6) is 0.782. The van der Waals surface area contributed by atoms with E-state index in [2.05, 4.69) is 36.4 Å². The largest absolute Gasteiger partial charge is 0.326 e. The van der Waals surface area contributed by atoms with E-state index < -0.39 is 0 Å². The molecule has 0 saturated heterocycles. The van der Waals surface area contributed by atoms with Crippen LogP contribution in [-0.2, 0) is 6.54 Å². The molecular formula is C17H21N. The zero-order chi connectivity index (χ0) is 12.4. The SMILES string of the molecule is NCc1ccc2ccc(C3CCCCC3)cc2c1. The number of fused-ring (bicyclic) bond motifs is 1. The standard InChI is InChI=1S/C17H21N/c18-12-13-6-7-15-8-9-16(11-17(15)10-13)14-4-2-1-3-5-14/h6-11,14H,1-5,12,18H2. The fourth-order valence-electron chi connectivity index (χ4n) is 3.13. The highest BCUT2D eigenvalue weighted by Gasteiger charge is 2.15. The zero-order valence-corrected chi connectivity index (χ0v) is 10.9. The van der Waals surface area contributed by atoms with Crippen LogP contribution in [0.5, 0.6) is 0 Å². The van der Waals surface area contributed by atoms with E-state index in [9.17, 15) is 0 Å². The van der Waals surface area contributed by atoms with E-state index in [1.54, 1.807) is 0 Å². The molecule has 1 aliphatic carbocycles. The maximum Gasteiger partial charge on any atom is 0.0178 e. The Balaban J connectivity index is 1.97. The van der Waals surface area contributed by atoms with E-state index in [1.807, 2.05) is 0 Å². The molecule has 2 aromatic rings. The lowest BCUT2D eigenvalue weighted by molar-refractivity contribution is 0.444. The van der Waals surface area contributed by atoms with Crippen molar-refractivity contribution in [1.29, 1.82) is 0 Å². The Morgan fingerprint density at radius 2 is 1.67 bits per heavy atom. The lowest BCUT2D eigenvalue weighted by Crippen LogP contribution is -2.04. The van der Waals surface area contributed by atoms with Crippen LogP contribution >= 0.6 is 0 Å². The highest BCUT2D eigenvalue weighted by atomic mass is 14.5. The first-order valence-electron chi connectivity index (χ1n) is 7.09. The second-order valence-corrected chi connectivity index (χ2v) is 5.48. The van der Waals surface area contributed by atoms with Gasteiger partial charge in [0.1, 0.15) is 0 Å². The Labute approximate surface area is 109 Å². The van der Waals surface area contributed by atoms with Crippen LogP contribution in [0.2, 0.25) is 0 Å². The minimum absolute atomic E-state index is 0.629. The molecule has 0 heterocycles. The van der Waals surface area contributed by atoms with Crippen LogP contribution in [0.1, 0.15) is 49.1 Å². The third-order valence-electron chi connectivity index (χ3n) is 4.24. The van der Waals surface area contributed by atoms with Crippen molar-refractivity contribution >= 4 is 10.8 Å². The summed E-state index contributed by atoms with van der Waals surface area (Å²) >= 11 is 0. The van der Waals surface area contributed by atoms with Crippen molar-refractivity contribution in [1.82, 2.24) is 0 Å². The number of rotatable bonds is 2. The molecule has 0 spiro atoms. The molecular weight excluding hydrogens is 218 g/mol. The van der Waals surface area contributed by atoms with E-state index in [-0.39, 0.29) is 0 Å². The summed E-state index contributed by atoms with van der Waals surface area (Å²) in [6.07, 6.45) is 6.93. The summed E-state index contributed by atoms with van der Waals surface area (Å²) in [5.41, 5.74) is 8.47. The van der Waals surface area contributed by atoms with Crippen molar-refractivity contribution in [3.05, 3.63) is 47.5 Å². The first-order valence-corrected chi connectivity index (χ1v) is 7.09. The monoisotopic (exact) mass is 239 g/mol. The molecule has 0 atom stereocenters. The highest BCUT2D eigenvalue weighted by molar-refractivity contribution is 5.84. The Morgan fingerprint density at radius 1 is 0.889 bits per heavy atom. The molecule has 1 saturated carbocycles. The van der Waals surface area contributed by atoms with E-state index in [0.717, 1.165) is 5.92 Å². The van der Waals surface area contributed by atoms with Crippen molar-refractivity contribution < 1.29 is 0 Å². The van der Waals surface area contributed by atoms with E-state index >= 15 is 0 Å². The first-order chi connectivity index (χ1) is 8.86. The second kappa shape index (κ2) is 5.11. The molecule has 1 aliphatic rings. The van der Waals surface area contributed by atoms with Crippen LogP contribution in [0.25, 0.3) is 10.8 Å². The van der Waals surface area contributed by atoms with Gasteiger partial charge in [0.25, 0.3) is 0 Å². The van der Waals surface area contributed by atoms with Gasteiger partial charge in [-0.1, -0.05) is 49.6 Å². The quantitative estimate of drug-likeness (QED) is 0.828. The van der Waals surface area contributed by atoms with Gasteiger partial charge < -0.3 is 5.73 Å². The molecule has 0 aromatic heterocycles. The number of benzene rings is 2. The Kier molecular flexibility index (Phi) is 3.33. The molecule has 0 unspecified atom stereocenters.